The molecule has 7 heteroatoms. The summed E-state index contributed by atoms with van der Waals surface area (Å²) >= 11 is 6.18. The Hall–Kier alpha value is -2.86. The minimum Gasteiger partial charge on any atom is -0.352 e. The molecular formula is C24H28ClN3O3. The van der Waals surface area contributed by atoms with Crippen molar-refractivity contribution in [3.63, 3.8) is 0 Å². The molecule has 1 aliphatic rings. The number of rotatable bonds is 5. The molecule has 1 aliphatic heterocycles. The number of benzene rings is 2. The number of hydrogen-bond donors (Lipinski definition) is 2. The molecule has 164 valence electrons. The normalized spacial score (nSPS) is 18.4. The first-order valence-corrected chi connectivity index (χ1v) is 10.9. The van der Waals surface area contributed by atoms with E-state index in [0.717, 1.165) is 24.8 Å². The predicted molar refractivity (Wildman–Crippen MR) is 122 cm³/mol. The smallest absolute Gasteiger partial charge is 0.256 e. The van der Waals surface area contributed by atoms with Crippen molar-refractivity contribution in [1.82, 2.24) is 10.2 Å². The average molecular weight is 442 g/mol. The lowest BCUT2D eigenvalue weighted by molar-refractivity contribution is -0.119. The first-order valence-electron chi connectivity index (χ1n) is 10.5. The van der Waals surface area contributed by atoms with Crippen molar-refractivity contribution in [2.75, 3.05) is 5.32 Å². The number of halogens is 1. The molecule has 6 nitrogen and oxygen atoms in total. The van der Waals surface area contributed by atoms with E-state index in [9.17, 15) is 14.4 Å². The van der Waals surface area contributed by atoms with Gasteiger partial charge in [-0.15, -0.1) is 0 Å². The van der Waals surface area contributed by atoms with Crippen molar-refractivity contribution >= 4 is 35.0 Å². The van der Waals surface area contributed by atoms with Gasteiger partial charge in [0.15, 0.2) is 0 Å². The number of hydrogen-bond acceptors (Lipinski definition) is 3. The van der Waals surface area contributed by atoms with Crippen LogP contribution in [-0.2, 0) is 11.3 Å². The van der Waals surface area contributed by atoms with Crippen molar-refractivity contribution in [3.05, 3.63) is 64.2 Å². The molecule has 2 atom stereocenters. The van der Waals surface area contributed by atoms with Crippen LogP contribution in [0.25, 0.3) is 0 Å². The fourth-order valence-corrected chi connectivity index (χ4v) is 4.13. The molecule has 0 spiro atoms. The van der Waals surface area contributed by atoms with Gasteiger partial charge < -0.3 is 15.5 Å². The lowest BCUT2D eigenvalue weighted by Crippen LogP contribution is -2.47. The Morgan fingerprint density at radius 2 is 1.68 bits per heavy atom. The Bertz CT molecular complexity index is 965. The molecule has 0 aromatic heterocycles. The Balaban J connectivity index is 1.79. The monoisotopic (exact) mass is 441 g/mol. The number of carbonyl (C=O) groups excluding carboxylic acids is 3. The topological polar surface area (TPSA) is 78.5 Å². The minimum atomic E-state index is -0.317. The molecule has 3 rings (SSSR count). The van der Waals surface area contributed by atoms with Crippen LogP contribution >= 0.6 is 11.6 Å². The number of anilines is 1. The predicted octanol–water partition coefficient (Wildman–Crippen LogP) is 4.63. The zero-order valence-electron chi connectivity index (χ0n) is 18.1. The van der Waals surface area contributed by atoms with Crippen LogP contribution in [0.4, 0.5) is 5.69 Å². The first kappa shape index (κ1) is 22.8. The molecule has 0 bridgehead atoms. The Morgan fingerprint density at radius 3 is 2.29 bits per heavy atom. The third kappa shape index (κ3) is 5.64. The first-order chi connectivity index (χ1) is 14.8. The van der Waals surface area contributed by atoms with E-state index in [2.05, 4.69) is 24.5 Å². The number of carbonyl (C=O) groups is 3. The molecule has 0 saturated carbocycles. The second-order valence-corrected chi connectivity index (χ2v) is 8.53. The molecular weight excluding hydrogens is 414 g/mol. The van der Waals surface area contributed by atoms with Crippen LogP contribution in [-0.4, -0.2) is 34.7 Å². The molecule has 0 aliphatic carbocycles. The summed E-state index contributed by atoms with van der Waals surface area (Å²) in [6.07, 6.45) is 3.02. The summed E-state index contributed by atoms with van der Waals surface area (Å²) in [5.74, 6) is -0.551. The van der Waals surface area contributed by atoms with Gasteiger partial charge in [0.25, 0.3) is 11.8 Å². The van der Waals surface area contributed by atoms with E-state index >= 15 is 0 Å². The van der Waals surface area contributed by atoms with Gasteiger partial charge in [-0.2, -0.15) is 0 Å². The zero-order valence-corrected chi connectivity index (χ0v) is 18.8. The number of likely N-dealkylation sites (tertiary alicyclic amines) is 1. The standard InChI is InChI=1S/C24H28ClN3O3/c1-15-5-4-6-16(2)28(15)24(31)21-13-20(25)11-12-22(21)27-23(30)19-9-7-18(8-10-19)14-26-17(3)29/h7-13,15-16H,4-6,14H2,1-3H3,(H,26,29)(H,27,30). The molecule has 2 aromatic rings. The second kappa shape index (κ2) is 9.96. The van der Waals surface area contributed by atoms with Crippen LogP contribution in [0.1, 0.15) is 66.3 Å². The molecule has 1 fully saturated rings. The van der Waals surface area contributed by atoms with Crippen molar-refractivity contribution < 1.29 is 14.4 Å². The van der Waals surface area contributed by atoms with E-state index in [4.69, 9.17) is 11.6 Å². The van der Waals surface area contributed by atoms with Crippen molar-refractivity contribution in [3.8, 4) is 0 Å². The summed E-state index contributed by atoms with van der Waals surface area (Å²) < 4.78 is 0. The van der Waals surface area contributed by atoms with Crippen LogP contribution in [0.3, 0.4) is 0 Å². The van der Waals surface area contributed by atoms with Crippen LogP contribution in [0, 0.1) is 0 Å². The maximum atomic E-state index is 13.4. The molecule has 2 N–H and O–H groups in total. The highest BCUT2D eigenvalue weighted by Crippen LogP contribution is 2.29. The molecule has 1 saturated heterocycles. The Labute approximate surface area is 188 Å². The largest absolute Gasteiger partial charge is 0.352 e. The van der Waals surface area contributed by atoms with E-state index in [0.29, 0.717) is 28.4 Å². The second-order valence-electron chi connectivity index (χ2n) is 8.09. The fourth-order valence-electron chi connectivity index (χ4n) is 3.96. The number of amides is 3. The molecule has 2 aromatic carbocycles. The van der Waals surface area contributed by atoms with E-state index in [1.54, 1.807) is 42.5 Å². The Kier molecular flexibility index (Phi) is 7.33. The van der Waals surface area contributed by atoms with Gasteiger partial charge in [0.2, 0.25) is 5.91 Å². The van der Waals surface area contributed by atoms with Crippen LogP contribution in [0.5, 0.6) is 0 Å². The van der Waals surface area contributed by atoms with Gasteiger partial charge in [-0.05, 0) is 69.0 Å². The number of nitrogens with zero attached hydrogens (tertiary/aromatic N) is 1. The van der Waals surface area contributed by atoms with E-state index < -0.39 is 0 Å². The van der Waals surface area contributed by atoms with Gasteiger partial charge in [-0.3, -0.25) is 14.4 Å². The van der Waals surface area contributed by atoms with E-state index in [1.807, 2.05) is 4.90 Å². The average Bonchev–Trinajstić information content (AvgIpc) is 2.73. The van der Waals surface area contributed by atoms with E-state index in [-0.39, 0.29) is 29.8 Å². The number of piperidine rings is 1. The van der Waals surface area contributed by atoms with Crippen molar-refractivity contribution in [2.45, 2.75) is 58.7 Å². The summed E-state index contributed by atoms with van der Waals surface area (Å²) in [6.45, 7) is 5.97. The summed E-state index contributed by atoms with van der Waals surface area (Å²) in [5, 5.41) is 6.02. The SMILES string of the molecule is CC(=O)NCc1ccc(C(=O)Nc2ccc(Cl)cc2C(=O)N2C(C)CCCC2C)cc1. The van der Waals surface area contributed by atoms with Gasteiger partial charge in [0, 0.05) is 36.1 Å². The highest BCUT2D eigenvalue weighted by Gasteiger charge is 2.31. The van der Waals surface area contributed by atoms with Crippen molar-refractivity contribution in [1.29, 1.82) is 0 Å². The summed E-state index contributed by atoms with van der Waals surface area (Å²) in [5.41, 5.74) is 2.18. The third-order valence-corrected chi connectivity index (χ3v) is 5.88. The van der Waals surface area contributed by atoms with Gasteiger partial charge in [0.1, 0.15) is 0 Å². The summed E-state index contributed by atoms with van der Waals surface area (Å²) in [6, 6.07) is 12.2. The highest BCUT2D eigenvalue weighted by molar-refractivity contribution is 6.31. The third-order valence-electron chi connectivity index (χ3n) is 5.65. The van der Waals surface area contributed by atoms with E-state index in [1.165, 1.54) is 6.92 Å². The van der Waals surface area contributed by atoms with Gasteiger partial charge in [0.05, 0.1) is 11.3 Å². The maximum absolute atomic E-state index is 13.4. The maximum Gasteiger partial charge on any atom is 0.256 e. The lowest BCUT2D eigenvalue weighted by Gasteiger charge is -2.39. The number of nitrogens with one attached hydrogen (secondary N) is 2. The van der Waals surface area contributed by atoms with Gasteiger partial charge in [-0.1, -0.05) is 23.7 Å². The quantitative estimate of drug-likeness (QED) is 0.709. The fraction of sp³-hybridized carbons (Fsp3) is 0.375. The summed E-state index contributed by atoms with van der Waals surface area (Å²) in [4.78, 5) is 39.1. The van der Waals surface area contributed by atoms with Crippen LogP contribution < -0.4 is 10.6 Å². The lowest BCUT2D eigenvalue weighted by atomic mass is 9.96. The molecule has 1 heterocycles. The zero-order chi connectivity index (χ0) is 22.5. The summed E-state index contributed by atoms with van der Waals surface area (Å²) in [7, 11) is 0. The molecule has 2 unspecified atom stereocenters. The van der Waals surface area contributed by atoms with Crippen LogP contribution in [0.2, 0.25) is 5.02 Å². The minimum absolute atomic E-state index is 0.112. The molecule has 0 radical (unpaired) electrons. The van der Waals surface area contributed by atoms with Gasteiger partial charge >= 0.3 is 0 Å². The molecule has 31 heavy (non-hydrogen) atoms. The van der Waals surface area contributed by atoms with Crippen molar-refractivity contribution in [2.24, 2.45) is 0 Å². The highest BCUT2D eigenvalue weighted by atomic mass is 35.5. The Morgan fingerprint density at radius 1 is 1.03 bits per heavy atom. The van der Waals surface area contributed by atoms with Crippen LogP contribution in [0.15, 0.2) is 42.5 Å². The molecule has 3 amide bonds. The van der Waals surface area contributed by atoms with Gasteiger partial charge in [-0.25, -0.2) is 0 Å².